The molecule has 160 valence electrons. The Morgan fingerprint density at radius 2 is 1.43 bits per heavy atom. The fraction of sp³-hybridized carbons (Fsp3) is 0.375. The third-order valence-corrected chi connectivity index (χ3v) is 4.29. The molecule has 2 rings (SSSR count). The maximum absolute atomic E-state index is 12.8. The molecule has 1 atom stereocenters. The first-order valence-corrected chi connectivity index (χ1v) is 10.1. The highest BCUT2D eigenvalue weighted by atomic mass is 16.5. The summed E-state index contributed by atoms with van der Waals surface area (Å²) < 4.78 is 5.26. The van der Waals surface area contributed by atoms with Gasteiger partial charge in [-0.3, -0.25) is 9.59 Å². The molecule has 6 nitrogen and oxygen atoms in total. The van der Waals surface area contributed by atoms with Gasteiger partial charge in [-0.15, -0.1) is 0 Å². The first kappa shape index (κ1) is 23.1. The van der Waals surface area contributed by atoms with Crippen LogP contribution >= 0.6 is 0 Å². The molecular formula is C24H30N2O4. The Hall–Kier alpha value is -3.15. The molecule has 0 unspecified atom stereocenters. The van der Waals surface area contributed by atoms with E-state index in [1.165, 1.54) is 0 Å². The smallest absolute Gasteiger partial charge is 0.408 e. The molecule has 0 fully saturated rings. The summed E-state index contributed by atoms with van der Waals surface area (Å²) in [5.41, 5.74) is 1.42. The number of hydrogen-bond acceptors (Lipinski definition) is 4. The van der Waals surface area contributed by atoms with Crippen LogP contribution in [0.15, 0.2) is 60.7 Å². The standard InChI is InChI=1S/C24H30N2O4/c1-24(2,3)26-22(28)15-14-21(27)20(16-18-10-6-4-7-11-18)25-23(29)30-17-19-12-8-5-9-13-19/h4-13,20H,14-17H2,1-3H3,(H,25,29)(H,26,28)/t20-/m0/s1. The van der Waals surface area contributed by atoms with E-state index in [9.17, 15) is 14.4 Å². The molecule has 2 N–H and O–H groups in total. The Balaban J connectivity index is 1.96. The zero-order chi connectivity index (χ0) is 22.0. The van der Waals surface area contributed by atoms with E-state index in [1.807, 2.05) is 81.4 Å². The van der Waals surface area contributed by atoms with E-state index in [2.05, 4.69) is 10.6 Å². The fourth-order valence-electron chi connectivity index (χ4n) is 2.89. The van der Waals surface area contributed by atoms with Crippen LogP contribution in [0, 0.1) is 0 Å². The number of carbonyl (C=O) groups is 3. The third-order valence-electron chi connectivity index (χ3n) is 4.29. The van der Waals surface area contributed by atoms with Crippen molar-refractivity contribution < 1.29 is 19.1 Å². The van der Waals surface area contributed by atoms with Crippen LogP contribution in [0.4, 0.5) is 4.79 Å². The molecule has 2 aromatic carbocycles. The van der Waals surface area contributed by atoms with Crippen molar-refractivity contribution >= 4 is 17.8 Å². The summed E-state index contributed by atoms with van der Waals surface area (Å²) in [5.74, 6) is -0.402. The van der Waals surface area contributed by atoms with Gasteiger partial charge >= 0.3 is 6.09 Å². The molecule has 0 bridgehead atoms. The summed E-state index contributed by atoms with van der Waals surface area (Å²) in [6.45, 7) is 5.77. The van der Waals surface area contributed by atoms with E-state index >= 15 is 0 Å². The summed E-state index contributed by atoms with van der Waals surface area (Å²) in [7, 11) is 0. The van der Waals surface area contributed by atoms with Gasteiger partial charge in [0.2, 0.25) is 5.91 Å². The predicted molar refractivity (Wildman–Crippen MR) is 116 cm³/mol. The number of benzene rings is 2. The molecule has 30 heavy (non-hydrogen) atoms. The molecule has 6 heteroatoms. The summed E-state index contributed by atoms with van der Waals surface area (Å²) in [6.07, 6.45) is -0.214. The number of carbonyl (C=O) groups excluding carboxylic acids is 3. The lowest BCUT2D eigenvalue weighted by atomic mass is 9.99. The van der Waals surface area contributed by atoms with Crippen LogP contribution < -0.4 is 10.6 Å². The molecule has 0 aliphatic carbocycles. The molecule has 0 spiro atoms. The van der Waals surface area contributed by atoms with Crippen molar-refractivity contribution in [2.24, 2.45) is 0 Å². The maximum Gasteiger partial charge on any atom is 0.408 e. The number of ketones is 1. The van der Waals surface area contributed by atoms with Crippen molar-refractivity contribution in [2.75, 3.05) is 0 Å². The maximum atomic E-state index is 12.8. The zero-order valence-corrected chi connectivity index (χ0v) is 17.8. The Morgan fingerprint density at radius 1 is 0.867 bits per heavy atom. The van der Waals surface area contributed by atoms with Gasteiger partial charge in [0.15, 0.2) is 5.78 Å². The monoisotopic (exact) mass is 410 g/mol. The molecule has 0 saturated carbocycles. The number of hydrogen-bond donors (Lipinski definition) is 2. The van der Waals surface area contributed by atoms with Crippen LogP contribution in [-0.2, 0) is 27.4 Å². The molecule has 0 aliphatic rings. The Morgan fingerprint density at radius 3 is 2.00 bits per heavy atom. The Kier molecular flexibility index (Phi) is 8.59. The van der Waals surface area contributed by atoms with Gasteiger partial charge in [0.05, 0.1) is 6.04 Å². The minimum absolute atomic E-state index is 0.0401. The molecule has 0 radical (unpaired) electrons. The van der Waals surface area contributed by atoms with Crippen LogP contribution in [0.1, 0.15) is 44.7 Å². The molecule has 0 heterocycles. The normalized spacial score (nSPS) is 12.0. The second kappa shape index (κ2) is 11.1. The van der Waals surface area contributed by atoms with E-state index in [4.69, 9.17) is 4.74 Å². The van der Waals surface area contributed by atoms with Crippen LogP contribution in [0.2, 0.25) is 0 Å². The number of alkyl carbamates (subject to hydrolysis) is 1. The minimum Gasteiger partial charge on any atom is -0.445 e. The van der Waals surface area contributed by atoms with Crippen molar-refractivity contribution in [2.45, 2.75) is 58.2 Å². The van der Waals surface area contributed by atoms with Crippen LogP contribution in [0.3, 0.4) is 0 Å². The Bertz CT molecular complexity index is 829. The van der Waals surface area contributed by atoms with Gasteiger partial charge in [0, 0.05) is 18.4 Å². The van der Waals surface area contributed by atoms with E-state index in [0.717, 1.165) is 11.1 Å². The summed E-state index contributed by atoms with van der Waals surface area (Å²) in [6, 6.07) is 18.0. The van der Waals surface area contributed by atoms with Gasteiger partial charge in [0.1, 0.15) is 6.61 Å². The second-order valence-corrected chi connectivity index (χ2v) is 8.21. The van der Waals surface area contributed by atoms with Crippen molar-refractivity contribution in [3.8, 4) is 0 Å². The second-order valence-electron chi connectivity index (χ2n) is 8.21. The molecular weight excluding hydrogens is 380 g/mol. The average molecular weight is 411 g/mol. The Labute approximate surface area is 178 Å². The summed E-state index contributed by atoms with van der Waals surface area (Å²) in [5, 5.41) is 5.50. The lowest BCUT2D eigenvalue weighted by Gasteiger charge is -2.21. The minimum atomic E-state index is -0.766. The predicted octanol–water partition coefficient (Wildman–Crippen LogP) is 3.79. The van der Waals surface area contributed by atoms with Crippen molar-refractivity contribution in [3.05, 3.63) is 71.8 Å². The SMILES string of the molecule is CC(C)(C)NC(=O)CCC(=O)[C@H](Cc1ccccc1)NC(=O)OCc1ccccc1. The van der Waals surface area contributed by atoms with Gasteiger partial charge in [-0.05, 0) is 38.3 Å². The number of ether oxygens (including phenoxy) is 1. The average Bonchev–Trinajstić information content (AvgIpc) is 2.70. The number of Topliss-reactive ketones (excluding diaryl/α,β-unsaturated/α-hetero) is 1. The number of nitrogens with one attached hydrogen (secondary N) is 2. The van der Waals surface area contributed by atoms with Gasteiger partial charge in [0.25, 0.3) is 0 Å². The zero-order valence-electron chi connectivity index (χ0n) is 17.8. The molecule has 2 aromatic rings. The first-order chi connectivity index (χ1) is 14.2. The lowest BCUT2D eigenvalue weighted by molar-refractivity contribution is -0.127. The van der Waals surface area contributed by atoms with E-state index < -0.39 is 12.1 Å². The van der Waals surface area contributed by atoms with Gasteiger partial charge in [-0.2, -0.15) is 0 Å². The van der Waals surface area contributed by atoms with Gasteiger partial charge < -0.3 is 15.4 Å². The summed E-state index contributed by atoms with van der Waals surface area (Å²) >= 11 is 0. The largest absolute Gasteiger partial charge is 0.445 e. The molecule has 0 aromatic heterocycles. The molecule has 0 saturated heterocycles. The highest BCUT2D eigenvalue weighted by molar-refractivity contribution is 5.90. The van der Waals surface area contributed by atoms with Crippen molar-refractivity contribution in [1.82, 2.24) is 10.6 Å². The van der Waals surface area contributed by atoms with Crippen molar-refractivity contribution in [1.29, 1.82) is 0 Å². The van der Waals surface area contributed by atoms with Gasteiger partial charge in [-0.25, -0.2) is 4.79 Å². The third kappa shape index (κ3) is 8.90. The van der Waals surface area contributed by atoms with E-state index in [1.54, 1.807) is 0 Å². The van der Waals surface area contributed by atoms with E-state index in [-0.39, 0.29) is 36.7 Å². The number of rotatable bonds is 9. The van der Waals surface area contributed by atoms with Crippen molar-refractivity contribution in [3.63, 3.8) is 0 Å². The highest BCUT2D eigenvalue weighted by Crippen LogP contribution is 2.09. The van der Waals surface area contributed by atoms with Crippen LogP contribution in [-0.4, -0.2) is 29.4 Å². The van der Waals surface area contributed by atoms with Gasteiger partial charge in [-0.1, -0.05) is 60.7 Å². The number of amides is 2. The summed E-state index contributed by atoms with van der Waals surface area (Å²) in [4.78, 5) is 37.1. The van der Waals surface area contributed by atoms with E-state index in [0.29, 0.717) is 6.42 Å². The lowest BCUT2D eigenvalue weighted by Crippen LogP contribution is -2.44. The molecule has 0 aliphatic heterocycles. The molecule has 2 amide bonds. The van der Waals surface area contributed by atoms with Crippen LogP contribution in [0.5, 0.6) is 0 Å². The fourth-order valence-corrected chi connectivity index (χ4v) is 2.89. The quantitative estimate of drug-likeness (QED) is 0.659. The van der Waals surface area contributed by atoms with Crippen LogP contribution in [0.25, 0.3) is 0 Å². The first-order valence-electron chi connectivity index (χ1n) is 10.1. The highest BCUT2D eigenvalue weighted by Gasteiger charge is 2.23. The topological polar surface area (TPSA) is 84.5 Å².